The van der Waals surface area contributed by atoms with Gasteiger partial charge in [0.15, 0.2) is 0 Å². The molecule has 5 N–H and O–H groups in total. The van der Waals surface area contributed by atoms with Gasteiger partial charge in [0.1, 0.15) is 11.4 Å². The van der Waals surface area contributed by atoms with Gasteiger partial charge in [-0.2, -0.15) is 0 Å². The minimum atomic E-state index is -0.661. The predicted octanol–water partition coefficient (Wildman–Crippen LogP) is -0.294. The number of piperidine rings is 1. The summed E-state index contributed by atoms with van der Waals surface area (Å²) in [4.78, 5) is 13.7. The molecule has 0 atom stereocenters. The number of hydrogen-bond donors (Lipinski definition) is 4. The van der Waals surface area contributed by atoms with Crippen LogP contribution in [0.5, 0.6) is 0 Å². The fourth-order valence-corrected chi connectivity index (χ4v) is 1.88. The van der Waals surface area contributed by atoms with Crippen LogP contribution in [0.25, 0.3) is 0 Å². The Hall–Kier alpha value is -1.30. The van der Waals surface area contributed by atoms with E-state index >= 15 is 0 Å². The van der Waals surface area contributed by atoms with Crippen LogP contribution < -0.4 is 16.4 Å². The van der Waals surface area contributed by atoms with Gasteiger partial charge < -0.3 is 21.3 Å². The van der Waals surface area contributed by atoms with Crippen molar-refractivity contribution in [3.05, 3.63) is 0 Å². The van der Waals surface area contributed by atoms with Crippen LogP contribution in [0.1, 0.15) is 19.8 Å². The van der Waals surface area contributed by atoms with E-state index in [0.29, 0.717) is 19.4 Å². The molecule has 16 heavy (non-hydrogen) atoms. The smallest absolute Gasteiger partial charge is 0.315 e. The highest BCUT2D eigenvalue weighted by Gasteiger charge is 2.38. The molecule has 1 fully saturated rings. The number of urea groups is 1. The normalized spacial score (nSPS) is 20.1. The van der Waals surface area contributed by atoms with E-state index < -0.39 is 5.54 Å². The van der Waals surface area contributed by atoms with E-state index in [2.05, 4.69) is 15.5 Å². The molecule has 0 radical (unpaired) electrons. The fourth-order valence-electron chi connectivity index (χ4n) is 1.88. The molecule has 1 aliphatic rings. The number of amides is 2. The van der Waals surface area contributed by atoms with Crippen molar-refractivity contribution in [2.24, 2.45) is 5.73 Å². The number of rotatable bonds is 3. The molecule has 0 spiro atoms. The second kappa shape index (κ2) is 5.16. The Morgan fingerprint density at radius 1 is 1.50 bits per heavy atom. The van der Waals surface area contributed by atoms with Crippen molar-refractivity contribution in [3.8, 4) is 0 Å². The highest BCUT2D eigenvalue weighted by Crippen LogP contribution is 2.21. The first-order valence-corrected chi connectivity index (χ1v) is 5.59. The number of carbonyl (C=O) groups excluding carboxylic acids is 1. The maximum Gasteiger partial charge on any atom is 0.315 e. The number of nitrogens with one attached hydrogen (secondary N) is 3. The lowest BCUT2D eigenvalue weighted by atomic mass is 9.86. The van der Waals surface area contributed by atoms with E-state index in [9.17, 15) is 4.79 Å². The molecular formula is C10H21N5O. The van der Waals surface area contributed by atoms with E-state index in [4.69, 9.17) is 11.1 Å². The van der Waals surface area contributed by atoms with Crippen LogP contribution in [-0.2, 0) is 0 Å². The number of amidine groups is 1. The van der Waals surface area contributed by atoms with Gasteiger partial charge in [-0.15, -0.1) is 0 Å². The molecule has 6 nitrogen and oxygen atoms in total. The van der Waals surface area contributed by atoms with Gasteiger partial charge in [0.25, 0.3) is 0 Å². The van der Waals surface area contributed by atoms with E-state index in [0.717, 1.165) is 13.1 Å². The minimum absolute atomic E-state index is 0.0480. The Morgan fingerprint density at radius 3 is 2.50 bits per heavy atom. The molecular weight excluding hydrogens is 206 g/mol. The van der Waals surface area contributed by atoms with Gasteiger partial charge >= 0.3 is 6.03 Å². The zero-order valence-electron chi connectivity index (χ0n) is 9.97. The van der Waals surface area contributed by atoms with Crippen LogP contribution >= 0.6 is 0 Å². The molecule has 0 saturated carbocycles. The Kier molecular flexibility index (Phi) is 4.12. The van der Waals surface area contributed by atoms with Gasteiger partial charge in [0.2, 0.25) is 0 Å². The van der Waals surface area contributed by atoms with E-state index in [-0.39, 0.29) is 11.9 Å². The lowest BCUT2D eigenvalue weighted by molar-refractivity contribution is 0.192. The van der Waals surface area contributed by atoms with Crippen LogP contribution in [0.2, 0.25) is 0 Å². The Labute approximate surface area is 96.1 Å². The number of hydrogen-bond acceptors (Lipinski definition) is 3. The van der Waals surface area contributed by atoms with Crippen LogP contribution in [0.15, 0.2) is 0 Å². The van der Waals surface area contributed by atoms with Crippen LogP contribution in [-0.4, -0.2) is 49.0 Å². The van der Waals surface area contributed by atoms with Crippen LogP contribution in [0, 0.1) is 5.41 Å². The van der Waals surface area contributed by atoms with Crippen molar-refractivity contribution >= 4 is 11.9 Å². The van der Waals surface area contributed by atoms with E-state index in [1.165, 1.54) is 0 Å². The molecule has 0 aliphatic carbocycles. The van der Waals surface area contributed by atoms with Gasteiger partial charge in [0.05, 0.1) is 0 Å². The summed E-state index contributed by atoms with van der Waals surface area (Å²) in [7, 11) is 2.02. The van der Waals surface area contributed by atoms with Gasteiger partial charge in [-0.3, -0.25) is 5.41 Å². The summed E-state index contributed by atoms with van der Waals surface area (Å²) in [6.07, 6.45) is 1.38. The third kappa shape index (κ3) is 2.85. The van der Waals surface area contributed by atoms with Crippen molar-refractivity contribution < 1.29 is 4.79 Å². The average molecular weight is 227 g/mol. The Morgan fingerprint density at radius 2 is 2.06 bits per heavy atom. The van der Waals surface area contributed by atoms with E-state index in [1.54, 1.807) is 0 Å². The molecule has 0 aromatic rings. The third-order valence-corrected chi connectivity index (χ3v) is 3.05. The van der Waals surface area contributed by atoms with Crippen LogP contribution in [0.4, 0.5) is 4.79 Å². The topological polar surface area (TPSA) is 94.2 Å². The Bertz CT molecular complexity index is 270. The lowest BCUT2D eigenvalue weighted by Gasteiger charge is -2.40. The summed E-state index contributed by atoms with van der Waals surface area (Å²) >= 11 is 0. The molecule has 0 bridgehead atoms. The second-order valence-corrected chi connectivity index (χ2v) is 4.28. The SMILES string of the molecule is CCNC(=O)NC1(C(=N)N)CCN(C)CC1. The summed E-state index contributed by atoms with van der Waals surface area (Å²) < 4.78 is 0. The van der Waals surface area contributed by atoms with Crippen molar-refractivity contribution in [1.82, 2.24) is 15.5 Å². The molecule has 1 saturated heterocycles. The molecule has 0 aromatic carbocycles. The average Bonchev–Trinajstić information content (AvgIpc) is 2.22. The molecule has 92 valence electrons. The number of carbonyl (C=O) groups is 1. The van der Waals surface area contributed by atoms with Crippen molar-refractivity contribution in [2.75, 3.05) is 26.7 Å². The van der Waals surface area contributed by atoms with Crippen molar-refractivity contribution in [3.63, 3.8) is 0 Å². The maximum atomic E-state index is 11.5. The molecule has 0 unspecified atom stereocenters. The Balaban J connectivity index is 2.66. The van der Waals surface area contributed by atoms with Gasteiger partial charge in [-0.05, 0) is 26.8 Å². The fraction of sp³-hybridized carbons (Fsp3) is 0.800. The minimum Gasteiger partial charge on any atom is -0.386 e. The number of nitrogens with two attached hydrogens (primary N) is 1. The quantitative estimate of drug-likeness (QED) is 0.394. The molecule has 2 amide bonds. The number of likely N-dealkylation sites (tertiary alicyclic amines) is 1. The highest BCUT2D eigenvalue weighted by molar-refractivity contribution is 5.91. The summed E-state index contributed by atoms with van der Waals surface area (Å²) in [5, 5.41) is 13.1. The highest BCUT2D eigenvalue weighted by atomic mass is 16.2. The summed E-state index contributed by atoms with van der Waals surface area (Å²) in [6, 6.07) is -0.248. The van der Waals surface area contributed by atoms with Gasteiger partial charge in [-0.25, -0.2) is 4.79 Å². The third-order valence-electron chi connectivity index (χ3n) is 3.05. The first-order chi connectivity index (χ1) is 7.50. The predicted molar refractivity (Wildman–Crippen MR) is 63.6 cm³/mol. The van der Waals surface area contributed by atoms with E-state index in [1.807, 2.05) is 14.0 Å². The second-order valence-electron chi connectivity index (χ2n) is 4.28. The zero-order chi connectivity index (χ0) is 12.2. The molecule has 0 aromatic heterocycles. The van der Waals surface area contributed by atoms with Gasteiger partial charge in [-0.1, -0.05) is 0 Å². The first kappa shape index (κ1) is 12.8. The standard InChI is InChI=1S/C10H21N5O/c1-3-13-9(16)14-10(8(11)12)4-6-15(2)7-5-10/h3-7H2,1-2H3,(H3,11,12)(H2,13,14,16). The lowest BCUT2D eigenvalue weighted by Crippen LogP contribution is -2.63. The van der Waals surface area contributed by atoms with Crippen molar-refractivity contribution in [1.29, 1.82) is 5.41 Å². The molecule has 6 heteroatoms. The molecule has 1 heterocycles. The monoisotopic (exact) mass is 227 g/mol. The summed E-state index contributed by atoms with van der Waals surface area (Å²) in [6.45, 7) is 4.10. The zero-order valence-corrected chi connectivity index (χ0v) is 9.97. The maximum absolute atomic E-state index is 11.5. The van der Waals surface area contributed by atoms with Crippen LogP contribution in [0.3, 0.4) is 0 Å². The molecule has 1 rings (SSSR count). The molecule has 1 aliphatic heterocycles. The summed E-state index contributed by atoms with van der Waals surface area (Å²) in [5.41, 5.74) is 4.95. The van der Waals surface area contributed by atoms with Crippen molar-refractivity contribution in [2.45, 2.75) is 25.3 Å². The van der Waals surface area contributed by atoms with Gasteiger partial charge in [0, 0.05) is 19.6 Å². The number of nitrogens with zero attached hydrogens (tertiary/aromatic N) is 1. The summed E-state index contributed by atoms with van der Waals surface area (Å²) in [5.74, 6) is 0.0480. The largest absolute Gasteiger partial charge is 0.386 e. The first-order valence-electron chi connectivity index (χ1n) is 5.59.